The third-order valence-corrected chi connectivity index (χ3v) is 6.95. The van der Waals surface area contributed by atoms with E-state index in [0.29, 0.717) is 78.5 Å². The number of amides is 3. The fourth-order valence-electron chi connectivity index (χ4n) is 3.99. The topological polar surface area (TPSA) is 188 Å². The van der Waals surface area contributed by atoms with Crippen LogP contribution in [0, 0.1) is 11.8 Å². The van der Waals surface area contributed by atoms with Gasteiger partial charge in [-0.2, -0.15) is 0 Å². The summed E-state index contributed by atoms with van der Waals surface area (Å²) in [5.41, 5.74) is 0. The molecule has 0 saturated heterocycles. The number of unbranched alkanes of at least 4 members (excludes halogenated alkanes) is 2. The first-order valence-electron chi connectivity index (χ1n) is 16.5. The van der Waals surface area contributed by atoms with E-state index in [1.165, 1.54) is 6.92 Å². The minimum atomic E-state index is -0.466. The van der Waals surface area contributed by atoms with Gasteiger partial charge in [-0.1, -0.05) is 26.7 Å². The van der Waals surface area contributed by atoms with Crippen LogP contribution in [0.4, 0.5) is 0 Å². The minimum Gasteiger partial charge on any atom is -0.396 e. The van der Waals surface area contributed by atoms with Crippen molar-refractivity contribution in [3.63, 3.8) is 0 Å². The van der Waals surface area contributed by atoms with Crippen molar-refractivity contribution in [2.75, 3.05) is 92.3 Å². The van der Waals surface area contributed by atoms with Crippen LogP contribution in [-0.2, 0) is 47.7 Å². The molecule has 0 heterocycles. The Balaban J connectivity index is 3.46. The van der Waals surface area contributed by atoms with Gasteiger partial charge >= 0.3 is 0 Å². The van der Waals surface area contributed by atoms with Gasteiger partial charge in [0, 0.05) is 44.3 Å². The highest BCUT2D eigenvalue weighted by molar-refractivity contribution is 5.82. The van der Waals surface area contributed by atoms with Crippen molar-refractivity contribution in [3.05, 3.63) is 0 Å². The minimum absolute atomic E-state index is 0.0286. The molecule has 0 saturated carbocycles. The fraction of sp³-hybridized carbons (Fsp3) is 0.844. The largest absolute Gasteiger partial charge is 0.396 e. The number of ketones is 2. The fourth-order valence-corrected chi connectivity index (χ4v) is 3.99. The maximum atomic E-state index is 12.2. The van der Waals surface area contributed by atoms with Gasteiger partial charge in [0.05, 0.1) is 59.5 Å². The monoisotopic (exact) mass is 661 g/mol. The van der Waals surface area contributed by atoms with E-state index in [1.54, 1.807) is 0 Å². The molecule has 14 nitrogen and oxygen atoms in total. The molecular formula is C32H59N3O11. The van der Waals surface area contributed by atoms with Crippen LogP contribution in [0.25, 0.3) is 0 Å². The Hall–Kier alpha value is -2.49. The van der Waals surface area contributed by atoms with E-state index in [9.17, 15) is 29.1 Å². The van der Waals surface area contributed by atoms with Gasteiger partial charge in [0.2, 0.25) is 17.7 Å². The van der Waals surface area contributed by atoms with Crippen LogP contribution < -0.4 is 16.0 Å². The Labute approximate surface area is 274 Å². The summed E-state index contributed by atoms with van der Waals surface area (Å²) in [6.07, 6.45) is 5.31. The number of aliphatic hydroxyl groups excluding tert-OH is 1. The first-order chi connectivity index (χ1) is 22.2. The third kappa shape index (κ3) is 27.8. The standard InChI is InChI=1S/C32H59N3O11/c1-4-5-9-30(39)34-13-15-43-19-21-45-25-32(41)35-14-16-42-17-18-44-20-22-46-24-31(40)33-12-7-6-8-26(2)29(38)11-10-28(23-36)27(3)37/h26,28,36H,4-25H2,1-3H3,(H,33,40)(H,34,39)(H,35,41)/t26-,28-/m0/s1. The quantitative estimate of drug-likeness (QED) is 0.0734. The first kappa shape index (κ1) is 43.5. The zero-order valence-electron chi connectivity index (χ0n) is 28.2. The molecule has 0 rings (SSSR count). The molecule has 0 aliphatic heterocycles. The Morgan fingerprint density at radius 3 is 1.63 bits per heavy atom. The zero-order chi connectivity index (χ0) is 34.3. The van der Waals surface area contributed by atoms with Crippen LogP contribution in [-0.4, -0.2) is 127 Å². The predicted octanol–water partition coefficient (Wildman–Crippen LogP) is 0.961. The van der Waals surface area contributed by atoms with Gasteiger partial charge in [0.25, 0.3) is 0 Å². The van der Waals surface area contributed by atoms with Gasteiger partial charge in [0.1, 0.15) is 24.8 Å². The maximum Gasteiger partial charge on any atom is 0.246 e. The predicted molar refractivity (Wildman–Crippen MR) is 171 cm³/mol. The molecule has 46 heavy (non-hydrogen) atoms. The van der Waals surface area contributed by atoms with E-state index in [2.05, 4.69) is 16.0 Å². The van der Waals surface area contributed by atoms with Crippen molar-refractivity contribution in [1.82, 2.24) is 16.0 Å². The Morgan fingerprint density at radius 1 is 0.609 bits per heavy atom. The second-order valence-corrected chi connectivity index (χ2v) is 11.0. The SMILES string of the molecule is CCCCC(=O)NCCOCCOCC(=O)NCCOCCOCCOCC(=O)NCCCC[C@H](C)C(=O)CC[C@@H](CO)C(C)=O. The lowest BCUT2D eigenvalue weighted by atomic mass is 9.92. The normalized spacial score (nSPS) is 12.3. The molecule has 0 bridgehead atoms. The van der Waals surface area contributed by atoms with Crippen molar-refractivity contribution in [2.45, 2.75) is 72.1 Å². The summed E-state index contributed by atoms with van der Waals surface area (Å²) in [6, 6.07) is 0. The van der Waals surface area contributed by atoms with Gasteiger partial charge in [-0.25, -0.2) is 0 Å². The number of aliphatic hydroxyl groups is 1. The molecule has 268 valence electrons. The van der Waals surface area contributed by atoms with Crippen LogP contribution in [0.2, 0.25) is 0 Å². The van der Waals surface area contributed by atoms with E-state index in [1.807, 2.05) is 13.8 Å². The highest BCUT2D eigenvalue weighted by Crippen LogP contribution is 2.15. The molecule has 0 spiro atoms. The molecule has 3 amide bonds. The van der Waals surface area contributed by atoms with Gasteiger partial charge in [-0.05, 0) is 32.6 Å². The van der Waals surface area contributed by atoms with Crippen molar-refractivity contribution < 1.29 is 52.8 Å². The van der Waals surface area contributed by atoms with Crippen molar-refractivity contribution in [1.29, 1.82) is 0 Å². The molecule has 0 aromatic heterocycles. The second-order valence-electron chi connectivity index (χ2n) is 11.0. The van der Waals surface area contributed by atoms with Crippen LogP contribution in [0.15, 0.2) is 0 Å². The highest BCUT2D eigenvalue weighted by Gasteiger charge is 2.18. The van der Waals surface area contributed by atoms with E-state index < -0.39 is 5.92 Å². The van der Waals surface area contributed by atoms with E-state index in [0.717, 1.165) is 25.7 Å². The first-order valence-corrected chi connectivity index (χ1v) is 16.5. The summed E-state index contributed by atoms with van der Waals surface area (Å²) in [4.78, 5) is 58.7. The smallest absolute Gasteiger partial charge is 0.246 e. The molecule has 0 unspecified atom stereocenters. The highest BCUT2D eigenvalue weighted by atomic mass is 16.5. The molecule has 0 aliphatic rings. The van der Waals surface area contributed by atoms with Gasteiger partial charge in [0.15, 0.2) is 0 Å². The molecule has 0 aromatic carbocycles. The average molecular weight is 662 g/mol. The van der Waals surface area contributed by atoms with Gasteiger partial charge < -0.3 is 44.7 Å². The lowest BCUT2D eigenvalue weighted by molar-refractivity contribution is -0.127. The number of ether oxygens (including phenoxy) is 5. The summed E-state index contributed by atoms with van der Waals surface area (Å²) in [7, 11) is 0. The summed E-state index contributed by atoms with van der Waals surface area (Å²) in [5.74, 6) is -1.03. The van der Waals surface area contributed by atoms with E-state index in [-0.39, 0.29) is 74.7 Å². The molecule has 14 heteroatoms. The number of nitrogens with one attached hydrogen (secondary N) is 3. The summed E-state index contributed by atoms with van der Waals surface area (Å²) >= 11 is 0. The molecule has 0 aliphatic carbocycles. The Morgan fingerprint density at radius 2 is 1.11 bits per heavy atom. The number of carbonyl (C=O) groups is 5. The van der Waals surface area contributed by atoms with Crippen LogP contribution in [0.5, 0.6) is 0 Å². The molecular weight excluding hydrogens is 602 g/mol. The Bertz CT molecular complexity index is 829. The number of hydrogen-bond acceptors (Lipinski definition) is 11. The molecule has 0 radical (unpaired) electrons. The summed E-state index contributed by atoms with van der Waals surface area (Å²) in [6.45, 7) is 8.91. The molecule has 0 aromatic rings. The molecule has 2 atom stereocenters. The third-order valence-electron chi connectivity index (χ3n) is 6.95. The van der Waals surface area contributed by atoms with Crippen molar-refractivity contribution in [2.24, 2.45) is 11.8 Å². The van der Waals surface area contributed by atoms with Gasteiger partial charge in [-0.3, -0.25) is 24.0 Å². The number of Topliss-reactive ketones (excluding diaryl/α,β-unsaturated/α-hetero) is 2. The Kier molecular flexibility index (Phi) is 29.4. The summed E-state index contributed by atoms with van der Waals surface area (Å²) < 4.78 is 26.7. The van der Waals surface area contributed by atoms with E-state index >= 15 is 0 Å². The van der Waals surface area contributed by atoms with Gasteiger partial charge in [-0.15, -0.1) is 0 Å². The molecule has 4 N–H and O–H groups in total. The lowest BCUT2D eigenvalue weighted by Crippen LogP contribution is -2.31. The van der Waals surface area contributed by atoms with Crippen LogP contribution >= 0.6 is 0 Å². The average Bonchev–Trinajstić information content (AvgIpc) is 3.03. The van der Waals surface area contributed by atoms with Crippen molar-refractivity contribution >= 4 is 29.3 Å². The lowest BCUT2D eigenvalue weighted by Gasteiger charge is -2.13. The zero-order valence-corrected chi connectivity index (χ0v) is 28.2. The number of rotatable bonds is 33. The molecule has 0 fully saturated rings. The maximum absolute atomic E-state index is 12.2. The van der Waals surface area contributed by atoms with E-state index in [4.69, 9.17) is 23.7 Å². The van der Waals surface area contributed by atoms with Crippen LogP contribution in [0.1, 0.15) is 72.1 Å². The van der Waals surface area contributed by atoms with Crippen molar-refractivity contribution in [3.8, 4) is 0 Å². The summed E-state index contributed by atoms with van der Waals surface area (Å²) in [5, 5.41) is 17.4. The van der Waals surface area contributed by atoms with Crippen LogP contribution in [0.3, 0.4) is 0 Å². The second kappa shape index (κ2) is 31.1. The number of hydrogen-bond donors (Lipinski definition) is 4. The number of carbonyl (C=O) groups excluding carboxylic acids is 5.